The second kappa shape index (κ2) is 8.10. The summed E-state index contributed by atoms with van der Waals surface area (Å²) in [4.78, 5) is 0. The minimum Gasteiger partial charge on any atom is -1.00 e. The van der Waals surface area contributed by atoms with Gasteiger partial charge in [0.05, 0.1) is 0 Å². The van der Waals surface area contributed by atoms with E-state index in [1.165, 1.54) is 18.5 Å². The molecule has 0 spiro atoms. The summed E-state index contributed by atoms with van der Waals surface area (Å²) in [5, 5.41) is 1.92. The summed E-state index contributed by atoms with van der Waals surface area (Å²) in [6, 6.07) is 12.3. The van der Waals surface area contributed by atoms with Crippen LogP contribution < -0.4 is 24.8 Å². The smallest absolute Gasteiger partial charge is 1.00 e. The predicted molar refractivity (Wildman–Crippen MR) is 108 cm³/mol. The van der Waals surface area contributed by atoms with E-state index in [9.17, 15) is 0 Å². The van der Waals surface area contributed by atoms with Gasteiger partial charge in [-0.1, -0.05) is 0 Å². The average molecular weight is 497 g/mol. The van der Waals surface area contributed by atoms with Gasteiger partial charge in [0.1, 0.15) is 0 Å². The number of allylic oxidation sites excluding steroid dienone is 5. The van der Waals surface area contributed by atoms with Crippen LogP contribution in [0.5, 0.6) is 0 Å². The van der Waals surface area contributed by atoms with E-state index in [-0.39, 0.29) is 24.8 Å². The maximum Gasteiger partial charge on any atom is -1.00 e. The van der Waals surface area contributed by atoms with Gasteiger partial charge in [-0.05, 0) is 0 Å². The second-order valence-corrected chi connectivity index (χ2v) is 17.2. The molecule has 0 saturated carbocycles. The zero-order chi connectivity index (χ0) is 18.0. The molecule has 0 aromatic heterocycles. The molecule has 144 valence electrons. The van der Waals surface area contributed by atoms with E-state index in [1.54, 1.807) is 27.8 Å². The number of halogens is 2. The first-order chi connectivity index (χ1) is 11.8. The van der Waals surface area contributed by atoms with Crippen molar-refractivity contribution in [3.05, 3.63) is 60.6 Å². The molecule has 4 rings (SSSR count). The number of hydrogen-bond acceptors (Lipinski definition) is 0. The summed E-state index contributed by atoms with van der Waals surface area (Å²) in [6.45, 7) is 14.7. The largest absolute Gasteiger partial charge is 1.00 e. The van der Waals surface area contributed by atoms with Gasteiger partial charge in [0.2, 0.25) is 0 Å². The molecule has 1 fully saturated rings. The third-order valence-electron chi connectivity index (χ3n) is 7.43. The summed E-state index contributed by atoms with van der Waals surface area (Å²) in [6.07, 6.45) is 4.11. The molecular formula is C23H30Cl2SiZr. The standard InChI is InChI=1S/C13H15Si.C10H15.2ClH.Zr/c1-14(7-4-8-14)13-9-11-5-2-3-6-12(11)10-13;1-7-6-10(4,5)9(3)8(7)2;;;/h2-3,5-6,9-10H,4,7-8H2,1H3;1-5H3;2*1H;/q;;;;+2/p-2. The van der Waals surface area contributed by atoms with Gasteiger partial charge in [-0.3, -0.25) is 0 Å². The van der Waals surface area contributed by atoms with Gasteiger partial charge in [0.15, 0.2) is 0 Å². The first kappa shape index (κ1) is 23.4. The molecule has 3 aliphatic rings. The molecule has 1 aliphatic heterocycles. The molecule has 0 nitrogen and oxygen atoms in total. The summed E-state index contributed by atoms with van der Waals surface area (Å²) < 4.78 is 2.66. The Kier molecular flexibility index (Phi) is 7.02. The fourth-order valence-corrected chi connectivity index (χ4v) is 16.0. The molecule has 1 heterocycles. The van der Waals surface area contributed by atoms with E-state index in [0.29, 0.717) is 5.41 Å². The van der Waals surface area contributed by atoms with E-state index in [4.69, 9.17) is 0 Å². The molecule has 0 N–H and O–H groups in total. The van der Waals surface area contributed by atoms with Crippen molar-refractivity contribution in [2.75, 3.05) is 0 Å². The topological polar surface area (TPSA) is 0 Å². The van der Waals surface area contributed by atoms with Crippen LogP contribution in [0.3, 0.4) is 0 Å². The Balaban J connectivity index is 0.00000131. The molecule has 1 atom stereocenters. The van der Waals surface area contributed by atoms with Gasteiger partial charge >= 0.3 is 167 Å². The molecule has 27 heavy (non-hydrogen) atoms. The van der Waals surface area contributed by atoms with Crippen LogP contribution >= 0.6 is 0 Å². The van der Waals surface area contributed by atoms with Crippen LogP contribution in [0, 0.1) is 5.41 Å². The number of hydrogen-bond donors (Lipinski definition) is 0. The normalized spacial score (nSPS) is 24.4. The summed E-state index contributed by atoms with van der Waals surface area (Å²) >= 11 is -0.712. The van der Waals surface area contributed by atoms with Gasteiger partial charge in [0, 0.05) is 0 Å². The van der Waals surface area contributed by atoms with E-state index < -0.39 is 31.3 Å². The van der Waals surface area contributed by atoms with Gasteiger partial charge in [-0.2, -0.15) is 0 Å². The third-order valence-corrected chi connectivity index (χ3v) is 18.3. The van der Waals surface area contributed by atoms with E-state index in [2.05, 4.69) is 71.5 Å². The van der Waals surface area contributed by atoms with Crippen molar-refractivity contribution in [1.82, 2.24) is 0 Å². The van der Waals surface area contributed by atoms with Crippen molar-refractivity contribution >= 4 is 14.1 Å². The number of benzene rings is 1. The molecule has 1 aromatic rings. The zero-order valence-corrected chi connectivity index (χ0v) is 22.3. The molecule has 4 heteroatoms. The maximum absolute atomic E-state index is 2.66. The molecule has 1 aromatic carbocycles. The van der Waals surface area contributed by atoms with Gasteiger partial charge in [-0.15, -0.1) is 0 Å². The van der Waals surface area contributed by atoms with Crippen LogP contribution in [0.25, 0.3) is 6.08 Å². The minimum atomic E-state index is -1.13. The summed E-state index contributed by atoms with van der Waals surface area (Å²) in [5.74, 6) is 0. The van der Waals surface area contributed by atoms with Gasteiger partial charge in [0.25, 0.3) is 0 Å². The molecular weight excluding hydrogens is 466 g/mol. The van der Waals surface area contributed by atoms with E-state index >= 15 is 0 Å². The summed E-state index contributed by atoms with van der Waals surface area (Å²) in [7, 11) is -1.13. The average Bonchev–Trinajstić information content (AvgIpc) is 2.99. The van der Waals surface area contributed by atoms with Crippen LogP contribution in [0.4, 0.5) is 0 Å². The second-order valence-electron chi connectivity index (χ2n) is 9.10. The molecule has 2 aliphatic carbocycles. The zero-order valence-electron chi connectivity index (χ0n) is 17.3. The Morgan fingerprint density at radius 1 is 1.00 bits per heavy atom. The first-order valence-corrected chi connectivity index (χ1v) is 15.3. The van der Waals surface area contributed by atoms with Crippen molar-refractivity contribution in [3.63, 3.8) is 0 Å². The van der Waals surface area contributed by atoms with Crippen LogP contribution in [0.15, 0.2) is 49.5 Å². The van der Waals surface area contributed by atoms with Crippen LogP contribution in [0.2, 0.25) is 18.6 Å². The van der Waals surface area contributed by atoms with Crippen LogP contribution in [0.1, 0.15) is 55.8 Å². The number of fused-ring (bicyclic) bond motifs is 1. The quantitative estimate of drug-likeness (QED) is 0.546. The maximum atomic E-state index is 2.66. The van der Waals surface area contributed by atoms with Crippen molar-refractivity contribution in [1.29, 1.82) is 0 Å². The monoisotopic (exact) mass is 494 g/mol. The predicted octanol–water partition coefficient (Wildman–Crippen LogP) is 0.887. The molecule has 0 bridgehead atoms. The van der Waals surface area contributed by atoms with E-state index in [0.717, 1.165) is 3.63 Å². The fraction of sp³-hybridized carbons (Fsp3) is 0.478. The Labute approximate surface area is 190 Å². The van der Waals surface area contributed by atoms with E-state index in [1.807, 2.05) is 8.48 Å². The molecule has 1 saturated heterocycles. The fourth-order valence-electron chi connectivity index (χ4n) is 5.02. The van der Waals surface area contributed by atoms with Crippen molar-refractivity contribution in [3.8, 4) is 0 Å². The van der Waals surface area contributed by atoms with Crippen LogP contribution in [-0.2, 0) is 23.2 Å². The molecule has 1 unspecified atom stereocenters. The van der Waals surface area contributed by atoms with Crippen LogP contribution in [-0.4, -0.2) is 8.07 Å². The van der Waals surface area contributed by atoms with Gasteiger partial charge in [-0.25, -0.2) is 0 Å². The van der Waals surface area contributed by atoms with Crippen molar-refractivity contribution < 1.29 is 48.0 Å². The molecule has 0 radical (unpaired) electrons. The minimum absolute atomic E-state index is 0. The SMILES string of the molecule is CC1=C(C)C(C)(C)[C]([Zr+2][CH]2C([Si]3(C)CCC3)=Cc3ccccc32)=C1C.[Cl-].[Cl-]. The Morgan fingerprint density at radius 2 is 1.63 bits per heavy atom. The Bertz CT molecular complexity index is 844. The first-order valence-electron chi connectivity index (χ1n) is 9.73. The molecule has 0 amide bonds. The summed E-state index contributed by atoms with van der Waals surface area (Å²) in [5.41, 5.74) is 8.33. The Hall–Kier alpha value is 0.120. The van der Waals surface area contributed by atoms with Crippen molar-refractivity contribution in [2.24, 2.45) is 5.41 Å². The third kappa shape index (κ3) is 3.58. The van der Waals surface area contributed by atoms with Gasteiger partial charge < -0.3 is 24.8 Å². The van der Waals surface area contributed by atoms with Crippen molar-refractivity contribution in [2.45, 2.75) is 63.3 Å². The Morgan fingerprint density at radius 3 is 2.15 bits per heavy atom. The number of rotatable bonds is 3.